The number of carbonyl (C=O) groups excluding carboxylic acids is 1. The fourth-order valence-electron chi connectivity index (χ4n) is 1.68. The molecule has 0 aliphatic heterocycles. The molecule has 0 fully saturated rings. The molecule has 0 radical (unpaired) electrons. The van der Waals surface area contributed by atoms with E-state index in [-0.39, 0.29) is 10.5 Å². The lowest BCUT2D eigenvalue weighted by molar-refractivity contribution is 0.102. The summed E-state index contributed by atoms with van der Waals surface area (Å²) in [7, 11) is -3.52. The van der Waals surface area contributed by atoms with Gasteiger partial charge in [-0.2, -0.15) is 0 Å². The maximum Gasteiger partial charge on any atom is 0.255 e. The van der Waals surface area contributed by atoms with E-state index in [9.17, 15) is 26.4 Å². The molecule has 0 heterocycles. The Labute approximate surface area is 124 Å². The second-order valence-corrected chi connectivity index (χ2v) is 6.52. The van der Waals surface area contributed by atoms with Crippen molar-refractivity contribution >= 4 is 21.4 Å². The molecule has 2 aromatic carbocycles. The minimum atomic E-state index is -3.52. The van der Waals surface area contributed by atoms with Gasteiger partial charge in [-0.1, -0.05) is 6.07 Å². The summed E-state index contributed by atoms with van der Waals surface area (Å²) in [5.74, 6) is -4.70. The largest absolute Gasteiger partial charge is 0.319 e. The fourth-order valence-corrected chi connectivity index (χ4v) is 2.35. The van der Waals surface area contributed by atoms with Crippen molar-refractivity contribution in [1.82, 2.24) is 0 Å². The zero-order valence-electron chi connectivity index (χ0n) is 11.2. The third-order valence-electron chi connectivity index (χ3n) is 2.78. The first-order valence-electron chi connectivity index (χ1n) is 5.94. The molecule has 0 aliphatic carbocycles. The molecule has 2 rings (SSSR count). The predicted octanol–water partition coefficient (Wildman–Crippen LogP) is 2.76. The normalized spacial score (nSPS) is 11.3. The van der Waals surface area contributed by atoms with Crippen LogP contribution in [0.25, 0.3) is 0 Å². The Bertz CT molecular complexity index is 850. The summed E-state index contributed by atoms with van der Waals surface area (Å²) in [4.78, 5) is 11.9. The van der Waals surface area contributed by atoms with Crippen molar-refractivity contribution in [3.05, 3.63) is 59.4 Å². The Morgan fingerprint density at radius 2 is 1.64 bits per heavy atom. The Kier molecular flexibility index (Phi) is 4.23. The highest BCUT2D eigenvalue weighted by atomic mass is 32.2. The van der Waals surface area contributed by atoms with Crippen molar-refractivity contribution in [3.63, 3.8) is 0 Å². The standard InChI is InChI=1S/C14H10F3NO3S/c1-22(20,21)9-4-2-3-8(5-9)14(19)18-13-7-11(16)10(15)6-12(13)17/h2-7H,1H3,(H,18,19). The minimum absolute atomic E-state index is 0.0629. The number of hydrogen-bond donors (Lipinski definition) is 1. The Morgan fingerprint density at radius 3 is 2.27 bits per heavy atom. The average Bonchev–Trinajstić information content (AvgIpc) is 2.44. The van der Waals surface area contributed by atoms with Crippen molar-refractivity contribution in [2.45, 2.75) is 4.90 Å². The van der Waals surface area contributed by atoms with Gasteiger partial charge in [0.15, 0.2) is 21.5 Å². The van der Waals surface area contributed by atoms with E-state index in [0.29, 0.717) is 12.1 Å². The number of anilines is 1. The minimum Gasteiger partial charge on any atom is -0.319 e. The van der Waals surface area contributed by atoms with E-state index in [2.05, 4.69) is 5.32 Å². The first-order chi connectivity index (χ1) is 10.2. The number of amides is 1. The molecule has 0 atom stereocenters. The van der Waals surface area contributed by atoms with Gasteiger partial charge in [-0.25, -0.2) is 21.6 Å². The molecule has 22 heavy (non-hydrogen) atoms. The first kappa shape index (κ1) is 16.0. The molecule has 0 saturated heterocycles. The molecule has 116 valence electrons. The second kappa shape index (κ2) is 5.80. The van der Waals surface area contributed by atoms with Crippen molar-refractivity contribution in [2.75, 3.05) is 11.6 Å². The van der Waals surface area contributed by atoms with E-state index in [4.69, 9.17) is 0 Å². The van der Waals surface area contributed by atoms with Gasteiger partial charge in [-0.15, -0.1) is 0 Å². The van der Waals surface area contributed by atoms with Crippen molar-refractivity contribution in [2.24, 2.45) is 0 Å². The Morgan fingerprint density at radius 1 is 1.00 bits per heavy atom. The number of hydrogen-bond acceptors (Lipinski definition) is 3. The number of halogens is 3. The highest BCUT2D eigenvalue weighted by Gasteiger charge is 2.15. The molecule has 0 unspecified atom stereocenters. The summed E-state index contributed by atoms with van der Waals surface area (Å²) in [5, 5.41) is 2.06. The van der Waals surface area contributed by atoms with E-state index >= 15 is 0 Å². The van der Waals surface area contributed by atoms with Crippen LogP contribution in [0.4, 0.5) is 18.9 Å². The molecule has 0 aromatic heterocycles. The Hall–Kier alpha value is -2.35. The third kappa shape index (κ3) is 3.45. The van der Waals surface area contributed by atoms with Gasteiger partial charge in [0.05, 0.1) is 10.6 Å². The zero-order chi connectivity index (χ0) is 16.5. The number of carbonyl (C=O) groups is 1. The molecular formula is C14H10F3NO3S. The quantitative estimate of drug-likeness (QED) is 0.881. The average molecular weight is 329 g/mol. The van der Waals surface area contributed by atoms with Crippen molar-refractivity contribution in [3.8, 4) is 0 Å². The number of sulfone groups is 1. The molecule has 0 bridgehead atoms. The summed E-state index contributed by atoms with van der Waals surface area (Å²) < 4.78 is 62.2. The monoisotopic (exact) mass is 329 g/mol. The van der Waals surface area contributed by atoms with Crippen LogP contribution in [-0.4, -0.2) is 20.6 Å². The van der Waals surface area contributed by atoms with Crippen LogP contribution in [0.3, 0.4) is 0 Å². The van der Waals surface area contributed by atoms with Crippen LogP contribution in [0, 0.1) is 17.5 Å². The zero-order valence-corrected chi connectivity index (χ0v) is 12.0. The predicted molar refractivity (Wildman–Crippen MR) is 73.8 cm³/mol. The van der Waals surface area contributed by atoms with Crippen LogP contribution in [0.15, 0.2) is 41.3 Å². The lowest BCUT2D eigenvalue weighted by atomic mass is 10.2. The smallest absolute Gasteiger partial charge is 0.255 e. The number of benzene rings is 2. The number of nitrogens with one attached hydrogen (secondary N) is 1. The van der Waals surface area contributed by atoms with Crippen LogP contribution in [-0.2, 0) is 9.84 Å². The lowest BCUT2D eigenvalue weighted by Gasteiger charge is -2.08. The van der Waals surface area contributed by atoms with Gasteiger partial charge in [-0.05, 0) is 18.2 Å². The lowest BCUT2D eigenvalue weighted by Crippen LogP contribution is -2.14. The van der Waals surface area contributed by atoms with Gasteiger partial charge >= 0.3 is 0 Å². The van der Waals surface area contributed by atoms with E-state index in [1.165, 1.54) is 18.2 Å². The van der Waals surface area contributed by atoms with Gasteiger partial charge < -0.3 is 5.32 Å². The fraction of sp³-hybridized carbons (Fsp3) is 0.0714. The topological polar surface area (TPSA) is 63.2 Å². The van der Waals surface area contributed by atoms with Crippen molar-refractivity contribution < 1.29 is 26.4 Å². The van der Waals surface area contributed by atoms with E-state index in [1.807, 2.05) is 0 Å². The highest BCUT2D eigenvalue weighted by Crippen LogP contribution is 2.20. The first-order valence-corrected chi connectivity index (χ1v) is 7.83. The highest BCUT2D eigenvalue weighted by molar-refractivity contribution is 7.90. The van der Waals surface area contributed by atoms with Gasteiger partial charge in [0, 0.05) is 24.0 Å². The van der Waals surface area contributed by atoms with E-state index < -0.39 is 38.9 Å². The number of rotatable bonds is 3. The molecule has 4 nitrogen and oxygen atoms in total. The molecule has 0 saturated carbocycles. The van der Waals surface area contributed by atoms with Crippen LogP contribution >= 0.6 is 0 Å². The van der Waals surface area contributed by atoms with Crippen LogP contribution < -0.4 is 5.32 Å². The van der Waals surface area contributed by atoms with Crippen LogP contribution in [0.1, 0.15) is 10.4 Å². The molecule has 2 aromatic rings. The van der Waals surface area contributed by atoms with E-state index in [1.54, 1.807) is 0 Å². The maximum atomic E-state index is 13.5. The molecular weight excluding hydrogens is 319 g/mol. The molecule has 1 N–H and O–H groups in total. The molecule has 0 spiro atoms. The maximum absolute atomic E-state index is 13.5. The molecule has 8 heteroatoms. The van der Waals surface area contributed by atoms with E-state index in [0.717, 1.165) is 12.3 Å². The summed E-state index contributed by atoms with van der Waals surface area (Å²) >= 11 is 0. The Balaban J connectivity index is 2.32. The summed E-state index contributed by atoms with van der Waals surface area (Å²) in [6.45, 7) is 0. The third-order valence-corrected chi connectivity index (χ3v) is 3.89. The second-order valence-electron chi connectivity index (χ2n) is 4.50. The summed E-state index contributed by atoms with van der Waals surface area (Å²) in [5.41, 5.74) is -0.610. The molecule has 1 amide bonds. The van der Waals surface area contributed by atoms with Crippen LogP contribution in [0.5, 0.6) is 0 Å². The molecule has 0 aliphatic rings. The van der Waals surface area contributed by atoms with Gasteiger partial charge in [0.25, 0.3) is 5.91 Å². The SMILES string of the molecule is CS(=O)(=O)c1cccc(C(=O)Nc2cc(F)c(F)cc2F)c1. The van der Waals surface area contributed by atoms with Gasteiger partial charge in [0.1, 0.15) is 5.82 Å². The van der Waals surface area contributed by atoms with Crippen LogP contribution in [0.2, 0.25) is 0 Å². The van der Waals surface area contributed by atoms with Gasteiger partial charge in [0.2, 0.25) is 0 Å². The van der Waals surface area contributed by atoms with Gasteiger partial charge in [-0.3, -0.25) is 4.79 Å². The summed E-state index contributed by atoms with van der Waals surface area (Å²) in [6.07, 6.45) is 0.971. The summed E-state index contributed by atoms with van der Waals surface area (Å²) in [6, 6.07) is 5.85. The van der Waals surface area contributed by atoms with Crippen molar-refractivity contribution in [1.29, 1.82) is 0 Å².